The Balaban J connectivity index is 1.73. The molecule has 1 aliphatic rings. The second-order valence-electron chi connectivity index (χ2n) is 18.8. The molecule has 4 aromatic rings. The topological polar surface area (TPSA) is 49.7 Å². The van der Waals surface area contributed by atoms with Gasteiger partial charge in [0.2, 0.25) is 0 Å². The molecule has 1 heterocycles. The summed E-state index contributed by atoms with van der Waals surface area (Å²) < 4.78 is 6.13. The number of fused-ring (bicyclic) bond motifs is 1. The van der Waals surface area contributed by atoms with Gasteiger partial charge in [-0.25, -0.2) is 0 Å². The van der Waals surface area contributed by atoms with E-state index in [1.54, 1.807) is 0 Å². The Kier molecular flexibility index (Phi) is 9.38. The van der Waals surface area contributed by atoms with E-state index in [1.165, 1.54) is 61.2 Å². The zero-order valence-corrected chi connectivity index (χ0v) is 33.9. The average molecular weight is 675 g/mol. The third kappa shape index (κ3) is 6.95. The standard InChI is InChI=1S/C47H62O3/c1-26-17-31(22-37(41(26)48)44(6,7)8)19-34-28(3)35(20-32-18-27(2)43-40(25-32)47(15,16)50-43)30(5)36(29(34)4)21-33-23-38(45(9,10)11)42(49)39(24-33)46(12,13)14/h17-18,22-25,48-49H,19-21H2,1-16H3. The van der Waals surface area contributed by atoms with Crippen molar-refractivity contribution in [1.29, 1.82) is 0 Å². The van der Waals surface area contributed by atoms with Gasteiger partial charge in [-0.15, -0.1) is 0 Å². The zero-order chi connectivity index (χ0) is 37.5. The molecule has 0 spiro atoms. The van der Waals surface area contributed by atoms with Gasteiger partial charge in [0, 0.05) is 5.56 Å². The van der Waals surface area contributed by atoms with Crippen molar-refractivity contribution in [2.75, 3.05) is 0 Å². The van der Waals surface area contributed by atoms with Gasteiger partial charge >= 0.3 is 0 Å². The number of phenols is 2. The molecule has 0 unspecified atom stereocenters. The van der Waals surface area contributed by atoms with Gasteiger partial charge in [0.15, 0.2) is 0 Å². The highest BCUT2D eigenvalue weighted by atomic mass is 16.5. The van der Waals surface area contributed by atoms with Gasteiger partial charge < -0.3 is 14.9 Å². The number of phenolic OH excluding ortho intramolecular Hbond substituents is 2. The SMILES string of the molecule is Cc1cc(Cc2c(C)c(Cc3cc(C(C)(C)C)c(O)c(C(C)(C)C)c3)c(C)c(Cc3cc(C)c4c(c3)C(C)(C)O4)c2C)cc(C(C)(C)C)c1O. The lowest BCUT2D eigenvalue weighted by molar-refractivity contribution is 0.0504. The lowest BCUT2D eigenvalue weighted by Crippen LogP contribution is -2.36. The molecular weight excluding hydrogens is 613 g/mol. The molecule has 1 aliphatic heterocycles. The van der Waals surface area contributed by atoms with E-state index < -0.39 is 0 Å². The first-order chi connectivity index (χ1) is 22.8. The third-order valence-corrected chi connectivity index (χ3v) is 11.2. The molecule has 3 heteroatoms. The molecule has 0 saturated heterocycles. The van der Waals surface area contributed by atoms with Gasteiger partial charge in [-0.2, -0.15) is 0 Å². The summed E-state index contributed by atoms with van der Waals surface area (Å²) >= 11 is 0. The predicted molar refractivity (Wildman–Crippen MR) is 211 cm³/mol. The molecule has 4 aromatic carbocycles. The van der Waals surface area contributed by atoms with Crippen LogP contribution >= 0.6 is 0 Å². The van der Waals surface area contributed by atoms with Gasteiger partial charge in [-0.3, -0.25) is 0 Å². The quantitative estimate of drug-likeness (QED) is 0.214. The van der Waals surface area contributed by atoms with Crippen LogP contribution in [0.3, 0.4) is 0 Å². The Morgan fingerprint density at radius 2 is 0.840 bits per heavy atom. The molecule has 0 atom stereocenters. The van der Waals surface area contributed by atoms with Crippen LogP contribution in [0.4, 0.5) is 0 Å². The van der Waals surface area contributed by atoms with E-state index in [0.717, 1.165) is 47.3 Å². The van der Waals surface area contributed by atoms with Crippen molar-refractivity contribution in [1.82, 2.24) is 0 Å². The second-order valence-corrected chi connectivity index (χ2v) is 18.8. The van der Waals surface area contributed by atoms with Crippen LogP contribution in [-0.4, -0.2) is 10.2 Å². The van der Waals surface area contributed by atoms with E-state index in [1.807, 2.05) is 6.92 Å². The maximum absolute atomic E-state index is 11.5. The van der Waals surface area contributed by atoms with E-state index in [9.17, 15) is 10.2 Å². The normalized spacial score (nSPS) is 14.3. The maximum atomic E-state index is 11.5. The second kappa shape index (κ2) is 12.5. The van der Waals surface area contributed by atoms with Crippen LogP contribution in [0.1, 0.15) is 160 Å². The van der Waals surface area contributed by atoms with E-state index in [0.29, 0.717) is 11.5 Å². The fraction of sp³-hybridized carbons (Fsp3) is 0.489. The van der Waals surface area contributed by atoms with Crippen LogP contribution in [0.5, 0.6) is 17.2 Å². The summed E-state index contributed by atoms with van der Waals surface area (Å²) in [5.41, 5.74) is 17.5. The average Bonchev–Trinajstić information content (AvgIpc) is 2.97. The van der Waals surface area contributed by atoms with Crippen LogP contribution in [0.25, 0.3) is 0 Å². The molecule has 0 aromatic heterocycles. The smallest absolute Gasteiger partial charge is 0.132 e. The summed E-state index contributed by atoms with van der Waals surface area (Å²) in [5.74, 6) is 1.86. The number of aryl methyl sites for hydroxylation is 2. The zero-order valence-electron chi connectivity index (χ0n) is 33.9. The minimum Gasteiger partial charge on any atom is -0.507 e. The van der Waals surface area contributed by atoms with Crippen molar-refractivity contribution in [3.63, 3.8) is 0 Å². The van der Waals surface area contributed by atoms with Crippen molar-refractivity contribution in [2.45, 2.75) is 152 Å². The fourth-order valence-electron chi connectivity index (χ4n) is 8.06. The summed E-state index contributed by atoms with van der Waals surface area (Å²) in [6.07, 6.45) is 2.43. The molecule has 268 valence electrons. The summed E-state index contributed by atoms with van der Waals surface area (Å²) in [5, 5.41) is 22.6. The highest BCUT2D eigenvalue weighted by Gasteiger charge is 2.38. The van der Waals surface area contributed by atoms with Gasteiger partial charge in [-0.05, 0) is 168 Å². The van der Waals surface area contributed by atoms with Gasteiger partial charge in [0.1, 0.15) is 22.8 Å². The minimum atomic E-state index is -0.264. The van der Waals surface area contributed by atoms with Crippen molar-refractivity contribution in [2.24, 2.45) is 0 Å². The number of aromatic hydroxyl groups is 2. The Morgan fingerprint density at radius 1 is 0.500 bits per heavy atom. The minimum absolute atomic E-state index is 0.170. The fourth-order valence-corrected chi connectivity index (χ4v) is 8.06. The summed E-state index contributed by atoms with van der Waals surface area (Å²) in [6.45, 7) is 35.0. The summed E-state index contributed by atoms with van der Waals surface area (Å²) in [7, 11) is 0. The highest BCUT2D eigenvalue weighted by Crippen LogP contribution is 2.47. The van der Waals surface area contributed by atoms with E-state index in [-0.39, 0.29) is 21.8 Å². The number of hydrogen-bond donors (Lipinski definition) is 2. The number of benzene rings is 4. The third-order valence-electron chi connectivity index (χ3n) is 11.2. The van der Waals surface area contributed by atoms with Crippen LogP contribution in [-0.2, 0) is 41.1 Å². The summed E-state index contributed by atoms with van der Waals surface area (Å²) in [6, 6.07) is 13.5. The van der Waals surface area contributed by atoms with Crippen LogP contribution in [0.15, 0.2) is 36.4 Å². The Labute approximate surface area is 303 Å². The van der Waals surface area contributed by atoms with Crippen molar-refractivity contribution in [3.05, 3.63) is 120 Å². The largest absolute Gasteiger partial charge is 0.507 e. The highest BCUT2D eigenvalue weighted by molar-refractivity contribution is 5.59. The number of ether oxygens (including phenoxy) is 1. The summed E-state index contributed by atoms with van der Waals surface area (Å²) in [4.78, 5) is 0. The molecule has 5 rings (SSSR count). The maximum Gasteiger partial charge on any atom is 0.132 e. The molecule has 0 saturated carbocycles. The van der Waals surface area contributed by atoms with Gasteiger partial charge in [0.05, 0.1) is 0 Å². The van der Waals surface area contributed by atoms with Crippen LogP contribution in [0.2, 0.25) is 0 Å². The molecular formula is C47H62O3. The first-order valence-corrected chi connectivity index (χ1v) is 18.4. The Morgan fingerprint density at radius 3 is 1.22 bits per heavy atom. The number of hydrogen-bond acceptors (Lipinski definition) is 3. The molecule has 2 N–H and O–H groups in total. The van der Waals surface area contributed by atoms with Crippen molar-refractivity contribution >= 4 is 0 Å². The first-order valence-electron chi connectivity index (χ1n) is 18.4. The van der Waals surface area contributed by atoms with E-state index in [4.69, 9.17) is 4.74 Å². The van der Waals surface area contributed by atoms with Gasteiger partial charge in [-0.1, -0.05) is 92.6 Å². The monoisotopic (exact) mass is 674 g/mol. The van der Waals surface area contributed by atoms with Crippen molar-refractivity contribution in [3.8, 4) is 17.2 Å². The molecule has 50 heavy (non-hydrogen) atoms. The molecule has 3 nitrogen and oxygen atoms in total. The van der Waals surface area contributed by atoms with Crippen molar-refractivity contribution < 1.29 is 14.9 Å². The molecule has 0 radical (unpaired) electrons. The van der Waals surface area contributed by atoms with Crippen LogP contribution in [0, 0.1) is 34.6 Å². The van der Waals surface area contributed by atoms with Crippen LogP contribution < -0.4 is 4.74 Å². The Bertz CT molecular complexity index is 1950. The molecule has 0 aliphatic carbocycles. The lowest BCUT2D eigenvalue weighted by atomic mass is 9.76. The molecule has 0 amide bonds. The molecule has 0 fully saturated rings. The molecule has 0 bridgehead atoms. The van der Waals surface area contributed by atoms with E-state index in [2.05, 4.69) is 140 Å². The van der Waals surface area contributed by atoms with Gasteiger partial charge in [0.25, 0.3) is 0 Å². The van der Waals surface area contributed by atoms with E-state index >= 15 is 0 Å². The first kappa shape index (κ1) is 37.5. The number of rotatable bonds is 6. The Hall–Kier alpha value is -3.72. The lowest BCUT2D eigenvalue weighted by Gasteiger charge is -2.40. The predicted octanol–water partition coefficient (Wildman–Crippen LogP) is 11.9.